The second kappa shape index (κ2) is 11.6. The summed E-state index contributed by atoms with van der Waals surface area (Å²) >= 11 is 0. The molecule has 3 N–H and O–H groups in total. The Balaban J connectivity index is 0.00000312. The fourth-order valence-corrected chi connectivity index (χ4v) is 3.21. The van der Waals surface area contributed by atoms with Crippen LogP contribution < -0.4 is 15.4 Å². The molecule has 0 spiro atoms. The topological polar surface area (TPSA) is 65.9 Å². The van der Waals surface area contributed by atoms with Gasteiger partial charge in [0.25, 0.3) is 0 Å². The molecule has 5 nitrogen and oxygen atoms in total. The van der Waals surface area contributed by atoms with Crippen LogP contribution in [0.15, 0.2) is 29.3 Å². The van der Waals surface area contributed by atoms with Crippen LogP contribution >= 0.6 is 24.0 Å². The third kappa shape index (κ3) is 7.40. The number of hydrogen-bond acceptors (Lipinski definition) is 3. The zero-order valence-corrected chi connectivity index (χ0v) is 17.8. The molecular weight excluding hydrogens is 429 g/mol. The number of nitrogens with zero attached hydrogens (tertiary/aromatic N) is 1. The number of ether oxygens (including phenoxy) is 1. The summed E-state index contributed by atoms with van der Waals surface area (Å²) in [5.74, 6) is 2.30. The Labute approximate surface area is 168 Å². The van der Waals surface area contributed by atoms with Crippen LogP contribution in [0.1, 0.15) is 51.2 Å². The molecule has 1 aliphatic rings. The summed E-state index contributed by atoms with van der Waals surface area (Å²) in [6.45, 7) is 5.50. The molecule has 0 bridgehead atoms. The van der Waals surface area contributed by atoms with Crippen molar-refractivity contribution in [2.45, 2.75) is 51.7 Å². The van der Waals surface area contributed by atoms with E-state index in [0.29, 0.717) is 12.6 Å². The van der Waals surface area contributed by atoms with Crippen LogP contribution in [0.3, 0.4) is 0 Å². The normalized spacial score (nSPS) is 21.8. The number of benzene rings is 1. The van der Waals surface area contributed by atoms with E-state index in [0.717, 1.165) is 29.7 Å². The smallest absolute Gasteiger partial charge is 0.191 e. The van der Waals surface area contributed by atoms with Crippen molar-refractivity contribution >= 4 is 29.9 Å². The highest BCUT2D eigenvalue weighted by Gasteiger charge is 2.19. The van der Waals surface area contributed by atoms with Crippen molar-refractivity contribution in [3.63, 3.8) is 0 Å². The molecule has 0 radical (unpaired) electrons. The summed E-state index contributed by atoms with van der Waals surface area (Å²) in [6.07, 6.45) is 4.32. The number of halogens is 1. The summed E-state index contributed by atoms with van der Waals surface area (Å²) in [5, 5.41) is 17.2. The monoisotopic (exact) mass is 461 g/mol. The van der Waals surface area contributed by atoms with Crippen molar-refractivity contribution in [1.82, 2.24) is 10.6 Å². The number of aliphatic hydroxyl groups excluding tert-OH is 1. The zero-order valence-electron chi connectivity index (χ0n) is 15.5. The Kier molecular flexibility index (Phi) is 10.2. The van der Waals surface area contributed by atoms with Crippen molar-refractivity contribution in [3.8, 4) is 5.75 Å². The van der Waals surface area contributed by atoms with Crippen LogP contribution in [0, 0.1) is 5.92 Å². The minimum atomic E-state index is -0.638. The van der Waals surface area contributed by atoms with Gasteiger partial charge >= 0.3 is 0 Å². The Morgan fingerprint density at radius 1 is 1.40 bits per heavy atom. The van der Waals surface area contributed by atoms with Gasteiger partial charge in [0.05, 0.1) is 19.8 Å². The van der Waals surface area contributed by atoms with Crippen LogP contribution in [0.4, 0.5) is 0 Å². The molecule has 0 heterocycles. The third-order valence-corrected chi connectivity index (χ3v) is 4.52. The molecule has 1 saturated carbocycles. The van der Waals surface area contributed by atoms with Crippen molar-refractivity contribution in [2.24, 2.45) is 10.9 Å². The first-order valence-electron chi connectivity index (χ1n) is 8.99. The molecule has 0 saturated heterocycles. The van der Waals surface area contributed by atoms with Crippen molar-refractivity contribution in [1.29, 1.82) is 0 Å². The lowest BCUT2D eigenvalue weighted by Gasteiger charge is -2.29. The molecule has 1 fully saturated rings. The average molecular weight is 461 g/mol. The number of guanidine groups is 1. The maximum atomic E-state index is 10.4. The van der Waals surface area contributed by atoms with Crippen molar-refractivity contribution in [2.75, 3.05) is 20.2 Å². The van der Waals surface area contributed by atoms with Crippen LogP contribution in [0.2, 0.25) is 0 Å². The highest BCUT2D eigenvalue weighted by Crippen LogP contribution is 2.23. The molecule has 0 amide bonds. The standard InChI is InChI=1S/C19H31N3O2.HI/c1-4-20-19(22-16-9-5-7-14(2)11-16)21-13-18(23)15-8-6-10-17(12-15)24-3;/h6,8,10,12,14,16,18,23H,4-5,7,9,11,13H2,1-3H3,(H2,20,21,22);1H. The molecule has 1 aliphatic carbocycles. The molecule has 1 aromatic rings. The van der Waals surface area contributed by atoms with E-state index < -0.39 is 6.10 Å². The average Bonchev–Trinajstić information content (AvgIpc) is 2.59. The largest absolute Gasteiger partial charge is 0.497 e. The first kappa shape index (κ1) is 22.0. The Morgan fingerprint density at radius 2 is 2.20 bits per heavy atom. The minimum Gasteiger partial charge on any atom is -0.497 e. The van der Waals surface area contributed by atoms with Gasteiger partial charge in [-0.2, -0.15) is 0 Å². The number of methoxy groups -OCH3 is 1. The van der Waals surface area contributed by atoms with Crippen LogP contribution in [0.5, 0.6) is 5.75 Å². The molecule has 6 heteroatoms. The number of hydrogen-bond donors (Lipinski definition) is 3. The number of aliphatic hydroxyl groups is 1. The quantitative estimate of drug-likeness (QED) is 0.345. The maximum Gasteiger partial charge on any atom is 0.191 e. The zero-order chi connectivity index (χ0) is 17.4. The van der Waals surface area contributed by atoms with Gasteiger partial charge in [0.1, 0.15) is 5.75 Å². The molecule has 25 heavy (non-hydrogen) atoms. The fourth-order valence-electron chi connectivity index (χ4n) is 3.21. The Bertz CT molecular complexity index is 539. The first-order chi connectivity index (χ1) is 11.6. The van der Waals surface area contributed by atoms with Crippen LogP contribution in [-0.4, -0.2) is 37.3 Å². The number of nitrogens with one attached hydrogen (secondary N) is 2. The predicted octanol–water partition coefficient (Wildman–Crippen LogP) is 3.48. The van der Waals surface area contributed by atoms with Crippen molar-refractivity contribution in [3.05, 3.63) is 29.8 Å². The number of rotatable bonds is 6. The Morgan fingerprint density at radius 3 is 2.88 bits per heavy atom. The van der Waals surface area contributed by atoms with Gasteiger partial charge < -0.3 is 20.5 Å². The fraction of sp³-hybridized carbons (Fsp3) is 0.632. The van der Waals surface area contributed by atoms with E-state index in [9.17, 15) is 5.11 Å². The van der Waals surface area contributed by atoms with Crippen LogP contribution in [0.25, 0.3) is 0 Å². The molecular formula is C19H32IN3O2. The maximum absolute atomic E-state index is 10.4. The van der Waals surface area contributed by atoms with Crippen LogP contribution in [-0.2, 0) is 0 Å². The van der Waals surface area contributed by atoms with E-state index in [1.807, 2.05) is 24.3 Å². The summed E-state index contributed by atoms with van der Waals surface area (Å²) in [5.41, 5.74) is 0.820. The van der Waals surface area contributed by atoms with Gasteiger partial charge in [0.2, 0.25) is 0 Å². The highest BCUT2D eigenvalue weighted by molar-refractivity contribution is 14.0. The third-order valence-electron chi connectivity index (χ3n) is 4.52. The molecule has 0 aromatic heterocycles. The van der Waals surface area contributed by atoms with Gasteiger partial charge in [0, 0.05) is 12.6 Å². The Hall–Kier alpha value is -1.02. The molecule has 0 aliphatic heterocycles. The lowest BCUT2D eigenvalue weighted by molar-refractivity contribution is 0.186. The SMILES string of the molecule is CCNC(=NCC(O)c1cccc(OC)c1)NC1CCCC(C)C1.I. The first-order valence-corrected chi connectivity index (χ1v) is 8.99. The second-order valence-corrected chi connectivity index (χ2v) is 6.63. The molecule has 3 atom stereocenters. The van der Waals surface area contributed by atoms with Gasteiger partial charge in [-0.1, -0.05) is 31.9 Å². The summed E-state index contributed by atoms with van der Waals surface area (Å²) in [4.78, 5) is 4.57. The highest BCUT2D eigenvalue weighted by atomic mass is 127. The summed E-state index contributed by atoms with van der Waals surface area (Å²) in [7, 11) is 1.63. The van der Waals surface area contributed by atoms with E-state index in [2.05, 4.69) is 29.5 Å². The molecule has 3 unspecified atom stereocenters. The van der Waals surface area contributed by atoms with Gasteiger partial charge in [-0.3, -0.25) is 4.99 Å². The van der Waals surface area contributed by atoms with E-state index in [4.69, 9.17) is 4.74 Å². The van der Waals surface area contributed by atoms with E-state index in [1.165, 1.54) is 25.7 Å². The molecule has 1 aromatic carbocycles. The van der Waals surface area contributed by atoms with Gasteiger partial charge in [-0.25, -0.2) is 0 Å². The second-order valence-electron chi connectivity index (χ2n) is 6.63. The molecule has 2 rings (SSSR count). The van der Waals surface area contributed by atoms with Gasteiger partial charge in [-0.15, -0.1) is 24.0 Å². The van der Waals surface area contributed by atoms with E-state index in [-0.39, 0.29) is 24.0 Å². The van der Waals surface area contributed by atoms with E-state index >= 15 is 0 Å². The minimum absolute atomic E-state index is 0. The lowest BCUT2D eigenvalue weighted by atomic mass is 9.87. The number of aliphatic imine (C=N–C) groups is 1. The summed E-state index contributed by atoms with van der Waals surface area (Å²) in [6, 6.07) is 7.97. The van der Waals surface area contributed by atoms with Gasteiger partial charge in [-0.05, 0) is 43.4 Å². The lowest BCUT2D eigenvalue weighted by Crippen LogP contribution is -2.45. The predicted molar refractivity (Wildman–Crippen MR) is 114 cm³/mol. The summed E-state index contributed by atoms with van der Waals surface area (Å²) < 4.78 is 5.21. The van der Waals surface area contributed by atoms with Crippen molar-refractivity contribution < 1.29 is 9.84 Å². The van der Waals surface area contributed by atoms with E-state index in [1.54, 1.807) is 7.11 Å². The van der Waals surface area contributed by atoms with Gasteiger partial charge in [0.15, 0.2) is 5.96 Å². The molecule has 142 valence electrons.